The maximum Gasteiger partial charge on any atom is 0.459 e. The average molecular weight is 686 g/mol. The van der Waals surface area contributed by atoms with Crippen LogP contribution in [0.3, 0.4) is 0 Å². The van der Waals surface area contributed by atoms with E-state index in [-0.39, 0.29) is 18.1 Å². The van der Waals surface area contributed by atoms with E-state index in [1.165, 1.54) is 19.1 Å². The number of nitrogens with one attached hydrogen (secondary N) is 3. The topological polar surface area (TPSA) is 219 Å². The predicted molar refractivity (Wildman–Crippen MR) is 165 cm³/mol. The number of ether oxygens (including phenoxy) is 3. The Hall–Kier alpha value is -3.89. The van der Waals surface area contributed by atoms with E-state index >= 15 is 0 Å². The van der Waals surface area contributed by atoms with Gasteiger partial charge in [-0.3, -0.25) is 33.3 Å². The summed E-state index contributed by atoms with van der Waals surface area (Å²) in [7, 11) is -4.39. The van der Waals surface area contributed by atoms with E-state index in [4.69, 9.17) is 29.0 Å². The molecule has 16 nitrogen and oxygen atoms in total. The quantitative estimate of drug-likeness (QED) is 0.146. The highest BCUT2D eigenvalue weighted by atomic mass is 31.2. The Morgan fingerprint density at radius 3 is 2.47 bits per heavy atom. The van der Waals surface area contributed by atoms with E-state index < -0.39 is 92.4 Å². The molecule has 2 aromatic rings. The summed E-state index contributed by atoms with van der Waals surface area (Å²) < 4.78 is 56.6. The van der Waals surface area contributed by atoms with Gasteiger partial charge < -0.3 is 29.8 Å². The van der Waals surface area contributed by atoms with Crippen molar-refractivity contribution in [1.29, 1.82) is 0 Å². The van der Waals surface area contributed by atoms with E-state index in [1.54, 1.807) is 32.0 Å². The smallest absolute Gasteiger partial charge is 0.459 e. The van der Waals surface area contributed by atoms with Crippen molar-refractivity contribution < 1.29 is 46.6 Å². The lowest BCUT2D eigenvalue weighted by Crippen LogP contribution is -2.44. The highest BCUT2D eigenvalue weighted by molar-refractivity contribution is 7.52. The standard InChI is InChI=1S/C29H41FN5O11P/c1-16(2)11-21(31)27(38)32-13-25(36)45-22-12-24(35-14-20(30)26(37)33-29(35)40)44-23(22)15-42-47(41,46-19-9-7-6-8-10-19)34-18(5)28(39)43-17(3)4/h6-10,14,16-18,21-24H,11-13,15,31H2,1-5H3,(H,32,38)(H,34,41)(H,33,37,40)/t18-,21-,22-,23+,24+,47-/m0/s1. The Bertz CT molecular complexity index is 1550. The van der Waals surface area contributed by atoms with Gasteiger partial charge >= 0.3 is 25.4 Å². The molecule has 1 aromatic heterocycles. The van der Waals surface area contributed by atoms with Crippen molar-refractivity contribution in [3.63, 3.8) is 0 Å². The molecule has 0 spiro atoms. The molecule has 0 radical (unpaired) electrons. The van der Waals surface area contributed by atoms with E-state index in [9.17, 15) is 32.9 Å². The minimum absolute atomic E-state index is 0.127. The van der Waals surface area contributed by atoms with Crippen molar-refractivity contribution in [3.05, 3.63) is 63.2 Å². The molecule has 1 aliphatic rings. The lowest BCUT2D eigenvalue weighted by Gasteiger charge is -2.25. The van der Waals surface area contributed by atoms with Gasteiger partial charge in [0.25, 0.3) is 5.56 Å². The number of nitrogens with zero attached hydrogens (tertiary/aromatic N) is 1. The van der Waals surface area contributed by atoms with Crippen LogP contribution in [0.15, 0.2) is 46.1 Å². The molecule has 0 bridgehead atoms. The first kappa shape index (κ1) is 37.6. The third-order valence-corrected chi connectivity index (χ3v) is 8.25. The van der Waals surface area contributed by atoms with Crippen LogP contribution in [0.1, 0.15) is 53.7 Å². The molecule has 260 valence electrons. The minimum atomic E-state index is -4.39. The fourth-order valence-electron chi connectivity index (χ4n) is 4.44. The number of hydrogen-bond acceptors (Lipinski definition) is 12. The molecule has 1 aromatic carbocycles. The van der Waals surface area contributed by atoms with Gasteiger partial charge in [0.2, 0.25) is 11.7 Å². The van der Waals surface area contributed by atoms with Crippen molar-refractivity contribution in [1.82, 2.24) is 20.0 Å². The zero-order valence-corrected chi connectivity index (χ0v) is 27.6. The van der Waals surface area contributed by atoms with Gasteiger partial charge in [0, 0.05) is 6.42 Å². The van der Waals surface area contributed by atoms with Gasteiger partial charge in [0.1, 0.15) is 36.8 Å². The van der Waals surface area contributed by atoms with Crippen LogP contribution in [0.5, 0.6) is 5.75 Å². The van der Waals surface area contributed by atoms with Crippen molar-refractivity contribution >= 4 is 25.6 Å². The van der Waals surface area contributed by atoms with Gasteiger partial charge in [0.05, 0.1) is 24.9 Å². The van der Waals surface area contributed by atoms with E-state index in [2.05, 4.69) is 10.4 Å². The van der Waals surface area contributed by atoms with E-state index in [0.717, 1.165) is 4.57 Å². The van der Waals surface area contributed by atoms with Crippen LogP contribution in [0.2, 0.25) is 0 Å². The molecule has 3 rings (SSSR count). The van der Waals surface area contributed by atoms with Crippen molar-refractivity contribution in [2.24, 2.45) is 11.7 Å². The Kier molecular flexibility index (Phi) is 13.4. The second-order valence-corrected chi connectivity index (χ2v) is 13.2. The molecule has 6 atom stereocenters. The Morgan fingerprint density at radius 1 is 1.15 bits per heavy atom. The van der Waals surface area contributed by atoms with Gasteiger partial charge in [-0.25, -0.2) is 9.36 Å². The maximum atomic E-state index is 14.1. The van der Waals surface area contributed by atoms with Gasteiger partial charge in [-0.1, -0.05) is 32.0 Å². The lowest BCUT2D eigenvalue weighted by molar-refractivity contribution is -0.153. The molecule has 5 N–H and O–H groups in total. The molecule has 47 heavy (non-hydrogen) atoms. The molecule has 2 heterocycles. The van der Waals surface area contributed by atoms with Crippen LogP contribution in [0.25, 0.3) is 0 Å². The normalized spacial score (nSPS) is 20.3. The predicted octanol–water partition coefficient (Wildman–Crippen LogP) is 1.50. The second kappa shape index (κ2) is 16.8. The van der Waals surface area contributed by atoms with E-state index in [0.29, 0.717) is 12.6 Å². The van der Waals surface area contributed by atoms with E-state index in [1.807, 2.05) is 18.8 Å². The highest BCUT2D eigenvalue weighted by Gasteiger charge is 2.42. The summed E-state index contributed by atoms with van der Waals surface area (Å²) in [5, 5.41) is 4.92. The number of benzene rings is 1. The van der Waals surface area contributed by atoms with Gasteiger partial charge in [-0.05, 0) is 45.2 Å². The number of rotatable bonds is 16. The number of hydrogen-bond donors (Lipinski definition) is 4. The zero-order valence-electron chi connectivity index (χ0n) is 26.7. The number of aromatic amines is 1. The first-order chi connectivity index (χ1) is 22.1. The number of para-hydroxylation sites is 1. The van der Waals surface area contributed by atoms with Gasteiger partial charge in [0.15, 0.2) is 0 Å². The molecule has 18 heteroatoms. The molecular weight excluding hydrogens is 644 g/mol. The van der Waals surface area contributed by atoms with Crippen molar-refractivity contribution in [3.8, 4) is 5.75 Å². The number of amides is 1. The molecule has 1 fully saturated rings. The van der Waals surface area contributed by atoms with Crippen LogP contribution >= 0.6 is 7.75 Å². The second-order valence-electron chi connectivity index (χ2n) is 11.5. The summed E-state index contributed by atoms with van der Waals surface area (Å²) in [5.41, 5.74) is 3.61. The number of carbonyl (C=O) groups is 3. The molecule has 1 amide bonds. The highest BCUT2D eigenvalue weighted by Crippen LogP contribution is 2.46. The Morgan fingerprint density at radius 2 is 1.83 bits per heavy atom. The van der Waals surface area contributed by atoms with Crippen molar-refractivity contribution in [2.75, 3.05) is 13.2 Å². The summed E-state index contributed by atoms with van der Waals surface area (Å²) >= 11 is 0. The fourth-order valence-corrected chi connectivity index (χ4v) is 5.94. The summed E-state index contributed by atoms with van der Waals surface area (Å²) in [5.74, 6) is -3.21. The Labute approximate surface area is 270 Å². The third-order valence-electron chi connectivity index (χ3n) is 6.60. The average Bonchev–Trinajstić information content (AvgIpc) is 3.38. The zero-order chi connectivity index (χ0) is 34.9. The molecule has 0 aliphatic carbocycles. The molecule has 1 saturated heterocycles. The summed E-state index contributed by atoms with van der Waals surface area (Å²) in [6.45, 7) is 7.29. The van der Waals surface area contributed by atoms with Crippen LogP contribution in [-0.4, -0.2) is 70.9 Å². The van der Waals surface area contributed by atoms with Crippen LogP contribution in [-0.2, 0) is 37.7 Å². The fraction of sp³-hybridized carbons (Fsp3) is 0.552. The largest absolute Gasteiger partial charge is 0.462 e. The minimum Gasteiger partial charge on any atom is -0.462 e. The number of halogens is 1. The first-order valence-corrected chi connectivity index (χ1v) is 16.5. The maximum absolute atomic E-state index is 14.1. The van der Waals surface area contributed by atoms with Gasteiger partial charge in [-0.2, -0.15) is 9.48 Å². The van der Waals surface area contributed by atoms with Crippen LogP contribution in [0.4, 0.5) is 4.39 Å². The Balaban J connectivity index is 1.82. The van der Waals surface area contributed by atoms with Crippen LogP contribution in [0, 0.1) is 11.7 Å². The summed E-state index contributed by atoms with van der Waals surface area (Å²) in [6, 6.07) is 5.92. The number of aromatic nitrogens is 2. The number of carbonyl (C=O) groups excluding carboxylic acids is 3. The first-order valence-electron chi connectivity index (χ1n) is 14.9. The SMILES string of the molecule is CC(C)C[C@H](N)C(=O)NCC(=O)O[C@H]1C[C@H](n2cc(F)c(=O)[nH]c2=O)O[C@@H]1CO[P@@](=O)(N[C@@H](C)C(=O)OC(C)C)Oc1ccccc1. The summed E-state index contributed by atoms with van der Waals surface area (Å²) in [4.78, 5) is 63.4. The number of H-pyrrole nitrogens is 1. The summed E-state index contributed by atoms with van der Waals surface area (Å²) in [6.07, 6.45) is -3.37. The molecular formula is C29H41FN5O11P. The molecule has 1 aliphatic heterocycles. The van der Waals surface area contributed by atoms with Gasteiger partial charge in [-0.15, -0.1) is 0 Å². The molecule has 0 saturated carbocycles. The van der Waals surface area contributed by atoms with Crippen LogP contribution < -0.4 is 31.9 Å². The molecule has 0 unspecified atom stereocenters. The third kappa shape index (κ3) is 11.4. The monoisotopic (exact) mass is 685 g/mol. The lowest BCUT2D eigenvalue weighted by atomic mass is 10.0. The number of nitrogens with two attached hydrogens (primary N) is 1. The number of esters is 2. The van der Waals surface area contributed by atoms with Crippen molar-refractivity contribution in [2.45, 2.75) is 84.1 Å².